The zero-order valence-electron chi connectivity index (χ0n) is 15.3. The van der Waals surface area contributed by atoms with Crippen molar-refractivity contribution < 1.29 is 0 Å². The Bertz CT molecular complexity index is 675. The van der Waals surface area contributed by atoms with E-state index in [1.54, 1.807) is 0 Å². The molecule has 0 bridgehead atoms. The first-order chi connectivity index (χ1) is 11.5. The molecule has 2 heteroatoms. The van der Waals surface area contributed by atoms with E-state index in [1.165, 1.54) is 27.8 Å². The Labute approximate surface area is 146 Å². The number of aryl methyl sites for hydroxylation is 3. The summed E-state index contributed by atoms with van der Waals surface area (Å²) in [6.07, 6.45) is 2.27. The van der Waals surface area contributed by atoms with Gasteiger partial charge in [0.25, 0.3) is 0 Å². The quantitative estimate of drug-likeness (QED) is 0.922. The van der Waals surface area contributed by atoms with Gasteiger partial charge in [-0.3, -0.25) is 4.90 Å². The molecule has 0 saturated carbocycles. The molecule has 0 amide bonds. The Kier molecular flexibility index (Phi) is 5.37. The molecule has 24 heavy (non-hydrogen) atoms. The molecule has 2 nitrogen and oxygen atoms in total. The predicted molar refractivity (Wildman–Crippen MR) is 102 cm³/mol. The molecular weight excluding hydrogens is 292 g/mol. The van der Waals surface area contributed by atoms with Crippen LogP contribution < -0.4 is 5.73 Å². The Balaban J connectivity index is 1.66. The van der Waals surface area contributed by atoms with Crippen LogP contribution in [0.3, 0.4) is 0 Å². The molecule has 1 saturated heterocycles. The van der Waals surface area contributed by atoms with Crippen molar-refractivity contribution in [3.05, 3.63) is 70.3 Å². The predicted octanol–water partition coefficient (Wildman–Crippen LogP) is 4.00. The highest BCUT2D eigenvalue weighted by Crippen LogP contribution is 2.23. The van der Waals surface area contributed by atoms with Crippen LogP contribution in [0.2, 0.25) is 0 Å². The lowest BCUT2D eigenvalue weighted by atomic mass is 9.88. The van der Waals surface area contributed by atoms with Gasteiger partial charge in [-0.15, -0.1) is 0 Å². The molecule has 2 aromatic carbocycles. The topological polar surface area (TPSA) is 29.3 Å². The van der Waals surface area contributed by atoms with Gasteiger partial charge in [0, 0.05) is 25.7 Å². The van der Waals surface area contributed by atoms with Crippen molar-refractivity contribution in [2.45, 2.75) is 46.2 Å². The van der Waals surface area contributed by atoms with E-state index in [0.29, 0.717) is 12.0 Å². The molecule has 0 spiro atoms. The van der Waals surface area contributed by atoms with Crippen molar-refractivity contribution in [3.63, 3.8) is 0 Å². The average molecular weight is 322 g/mol. The van der Waals surface area contributed by atoms with Gasteiger partial charge in [-0.1, -0.05) is 53.6 Å². The minimum Gasteiger partial charge on any atom is -0.327 e. The van der Waals surface area contributed by atoms with E-state index < -0.39 is 0 Å². The van der Waals surface area contributed by atoms with E-state index in [4.69, 9.17) is 5.73 Å². The molecule has 2 unspecified atom stereocenters. The number of hydrogen-bond donors (Lipinski definition) is 1. The lowest BCUT2D eigenvalue weighted by Crippen LogP contribution is -2.47. The Morgan fingerprint density at radius 3 is 2.42 bits per heavy atom. The van der Waals surface area contributed by atoms with Gasteiger partial charge in [0.05, 0.1) is 0 Å². The fourth-order valence-electron chi connectivity index (χ4n) is 3.89. The molecule has 1 heterocycles. The summed E-state index contributed by atoms with van der Waals surface area (Å²) in [6.45, 7) is 9.71. The number of nitrogens with zero attached hydrogens (tertiary/aromatic N) is 1. The van der Waals surface area contributed by atoms with Gasteiger partial charge in [-0.2, -0.15) is 0 Å². The molecule has 2 aromatic rings. The van der Waals surface area contributed by atoms with E-state index in [1.807, 2.05) is 0 Å². The maximum absolute atomic E-state index is 6.37. The third kappa shape index (κ3) is 4.46. The second-order valence-electron chi connectivity index (χ2n) is 7.68. The van der Waals surface area contributed by atoms with Crippen molar-refractivity contribution in [1.82, 2.24) is 4.90 Å². The van der Waals surface area contributed by atoms with Crippen molar-refractivity contribution in [1.29, 1.82) is 0 Å². The highest BCUT2D eigenvalue weighted by Gasteiger charge is 2.25. The molecule has 3 rings (SSSR count). The SMILES string of the molecule is Cc1ccc(CC2CC(N)CN(Cc3cc(C)ccc3C)C2)cc1. The number of hydrogen-bond acceptors (Lipinski definition) is 2. The van der Waals surface area contributed by atoms with Crippen LogP contribution >= 0.6 is 0 Å². The molecular formula is C22H30N2. The molecule has 2 atom stereocenters. The summed E-state index contributed by atoms with van der Waals surface area (Å²) in [5.74, 6) is 0.654. The normalized spacial score (nSPS) is 21.8. The van der Waals surface area contributed by atoms with Gasteiger partial charge in [0.15, 0.2) is 0 Å². The second kappa shape index (κ2) is 7.50. The van der Waals surface area contributed by atoms with Crippen LogP contribution in [-0.2, 0) is 13.0 Å². The van der Waals surface area contributed by atoms with E-state index in [-0.39, 0.29) is 0 Å². The standard InChI is InChI=1S/C22H30N2/c1-16-5-8-19(9-6-16)11-20-12-22(23)15-24(13-20)14-21-10-17(2)4-7-18(21)3/h4-10,20,22H,11-15,23H2,1-3H3. The van der Waals surface area contributed by atoms with Gasteiger partial charge in [-0.25, -0.2) is 0 Å². The third-order valence-electron chi connectivity index (χ3n) is 5.19. The zero-order valence-corrected chi connectivity index (χ0v) is 15.3. The molecule has 1 aliphatic heterocycles. The largest absolute Gasteiger partial charge is 0.327 e. The van der Waals surface area contributed by atoms with Crippen LogP contribution in [0.25, 0.3) is 0 Å². The first kappa shape index (κ1) is 17.2. The van der Waals surface area contributed by atoms with Crippen molar-refractivity contribution in [2.24, 2.45) is 11.7 Å². The van der Waals surface area contributed by atoms with Crippen LogP contribution in [0.4, 0.5) is 0 Å². The molecule has 1 fully saturated rings. The van der Waals surface area contributed by atoms with Crippen LogP contribution in [-0.4, -0.2) is 24.0 Å². The fraction of sp³-hybridized carbons (Fsp3) is 0.455. The first-order valence-electron chi connectivity index (χ1n) is 9.09. The highest BCUT2D eigenvalue weighted by molar-refractivity contribution is 5.30. The van der Waals surface area contributed by atoms with Gasteiger partial charge < -0.3 is 5.73 Å². The molecule has 0 aliphatic carbocycles. The molecule has 128 valence electrons. The summed E-state index contributed by atoms with van der Waals surface area (Å²) in [7, 11) is 0. The first-order valence-corrected chi connectivity index (χ1v) is 9.09. The molecule has 0 radical (unpaired) electrons. The lowest BCUT2D eigenvalue weighted by Gasteiger charge is -2.36. The maximum Gasteiger partial charge on any atom is 0.0237 e. The third-order valence-corrected chi connectivity index (χ3v) is 5.19. The molecule has 1 aliphatic rings. The zero-order chi connectivity index (χ0) is 17.1. The number of likely N-dealkylation sites (tertiary alicyclic amines) is 1. The highest BCUT2D eigenvalue weighted by atomic mass is 15.1. The van der Waals surface area contributed by atoms with E-state index in [0.717, 1.165) is 32.5 Å². The summed E-state index contributed by atoms with van der Waals surface area (Å²) < 4.78 is 0. The van der Waals surface area contributed by atoms with E-state index >= 15 is 0 Å². The number of benzene rings is 2. The van der Waals surface area contributed by atoms with Gasteiger partial charge in [0.2, 0.25) is 0 Å². The van der Waals surface area contributed by atoms with Crippen molar-refractivity contribution >= 4 is 0 Å². The minimum absolute atomic E-state index is 0.291. The minimum atomic E-state index is 0.291. The number of piperidine rings is 1. The fourth-order valence-corrected chi connectivity index (χ4v) is 3.89. The van der Waals surface area contributed by atoms with Crippen LogP contribution in [0.5, 0.6) is 0 Å². The van der Waals surface area contributed by atoms with Gasteiger partial charge in [-0.05, 0) is 56.2 Å². The number of nitrogens with two attached hydrogens (primary N) is 1. The average Bonchev–Trinajstić information content (AvgIpc) is 2.53. The molecule has 0 aromatic heterocycles. The second-order valence-corrected chi connectivity index (χ2v) is 7.68. The smallest absolute Gasteiger partial charge is 0.0237 e. The molecule has 2 N–H and O–H groups in total. The van der Waals surface area contributed by atoms with Gasteiger partial charge in [0.1, 0.15) is 0 Å². The van der Waals surface area contributed by atoms with E-state index in [9.17, 15) is 0 Å². The van der Waals surface area contributed by atoms with Crippen molar-refractivity contribution in [3.8, 4) is 0 Å². The Hall–Kier alpha value is -1.64. The monoisotopic (exact) mass is 322 g/mol. The Morgan fingerprint density at radius 2 is 1.67 bits per heavy atom. The van der Waals surface area contributed by atoms with Gasteiger partial charge >= 0.3 is 0 Å². The summed E-state index contributed by atoms with van der Waals surface area (Å²) in [4.78, 5) is 2.55. The van der Waals surface area contributed by atoms with Crippen LogP contribution in [0.15, 0.2) is 42.5 Å². The summed E-state index contributed by atoms with van der Waals surface area (Å²) >= 11 is 0. The van der Waals surface area contributed by atoms with Crippen LogP contribution in [0, 0.1) is 26.7 Å². The summed E-state index contributed by atoms with van der Waals surface area (Å²) in [5.41, 5.74) is 13.3. The van der Waals surface area contributed by atoms with Crippen molar-refractivity contribution in [2.75, 3.05) is 13.1 Å². The summed E-state index contributed by atoms with van der Waals surface area (Å²) in [5, 5.41) is 0. The van der Waals surface area contributed by atoms with E-state index in [2.05, 4.69) is 68.1 Å². The number of rotatable bonds is 4. The van der Waals surface area contributed by atoms with Crippen LogP contribution in [0.1, 0.15) is 34.2 Å². The lowest BCUT2D eigenvalue weighted by molar-refractivity contribution is 0.149. The summed E-state index contributed by atoms with van der Waals surface area (Å²) in [6, 6.07) is 16.0. The maximum atomic E-state index is 6.37. The Morgan fingerprint density at radius 1 is 0.958 bits per heavy atom.